The molecule has 7 heteroatoms. The van der Waals surface area contributed by atoms with Crippen molar-refractivity contribution in [1.29, 1.82) is 0 Å². The number of aromatic nitrogens is 1. The van der Waals surface area contributed by atoms with Crippen LogP contribution in [0.3, 0.4) is 0 Å². The van der Waals surface area contributed by atoms with Gasteiger partial charge in [0.05, 0.1) is 6.04 Å². The van der Waals surface area contributed by atoms with Crippen molar-refractivity contribution < 1.29 is 22.7 Å². The molecule has 2 aromatic carbocycles. The fourth-order valence-electron chi connectivity index (χ4n) is 2.80. The summed E-state index contributed by atoms with van der Waals surface area (Å²) in [5.74, 6) is -1.34. The zero-order valence-electron chi connectivity index (χ0n) is 17.5. The highest BCUT2D eigenvalue weighted by molar-refractivity contribution is 5.92. The van der Waals surface area contributed by atoms with Crippen molar-refractivity contribution in [3.63, 3.8) is 0 Å². The van der Waals surface area contributed by atoms with Gasteiger partial charge >= 0.3 is 6.08 Å². The molecule has 0 fully saturated rings. The second-order valence-electron chi connectivity index (χ2n) is 8.18. The number of oxazole rings is 1. The molecule has 1 amide bonds. The van der Waals surface area contributed by atoms with Gasteiger partial charge in [-0.15, -0.1) is 0 Å². The van der Waals surface area contributed by atoms with Gasteiger partial charge in [-0.05, 0) is 54.7 Å². The highest BCUT2D eigenvalue weighted by Crippen LogP contribution is 2.28. The minimum absolute atomic E-state index is 0.00289. The smallest absolute Gasteiger partial charge is 0.399 e. The second-order valence-corrected chi connectivity index (χ2v) is 8.18. The van der Waals surface area contributed by atoms with Crippen LogP contribution in [0.2, 0.25) is 0 Å². The first-order valence-electron chi connectivity index (χ1n) is 9.55. The van der Waals surface area contributed by atoms with Crippen LogP contribution in [0.4, 0.5) is 8.78 Å². The average molecular weight is 414 g/mol. The normalized spacial score (nSPS) is 12.5. The van der Waals surface area contributed by atoms with Crippen molar-refractivity contribution in [2.75, 3.05) is 0 Å². The van der Waals surface area contributed by atoms with Crippen molar-refractivity contribution >= 4 is 5.91 Å². The molecule has 3 aromatic rings. The molecule has 0 saturated carbocycles. The summed E-state index contributed by atoms with van der Waals surface area (Å²) >= 11 is 0. The maximum atomic E-state index is 13.8. The van der Waals surface area contributed by atoms with Gasteiger partial charge in [0, 0.05) is 5.56 Å². The Hall–Kier alpha value is -3.22. The second kappa shape index (κ2) is 8.26. The summed E-state index contributed by atoms with van der Waals surface area (Å²) in [5, 5.41) is 2.64. The molecule has 5 nitrogen and oxygen atoms in total. The Morgan fingerprint density at radius 2 is 1.83 bits per heavy atom. The molecule has 0 aliphatic carbocycles. The van der Waals surface area contributed by atoms with Crippen LogP contribution in [0, 0.1) is 18.6 Å². The van der Waals surface area contributed by atoms with Crippen LogP contribution in [-0.2, 0) is 5.41 Å². The average Bonchev–Trinajstić information content (AvgIpc) is 3.13. The van der Waals surface area contributed by atoms with E-state index in [0.29, 0.717) is 11.3 Å². The van der Waals surface area contributed by atoms with Crippen LogP contribution in [0.1, 0.15) is 60.9 Å². The Balaban J connectivity index is 1.69. The SMILES string of the molecule is Cc1c(F)cc([C@@H](C)NC(=O)c2coc(Oc3cccc(C(C)(C)C)c3)n2)cc1F. The first-order valence-corrected chi connectivity index (χ1v) is 9.55. The topological polar surface area (TPSA) is 64.4 Å². The number of rotatable bonds is 5. The van der Waals surface area contributed by atoms with Crippen LogP contribution in [0.15, 0.2) is 47.1 Å². The summed E-state index contributed by atoms with van der Waals surface area (Å²) in [6.07, 6.45) is 1.09. The molecular formula is C23H24F2N2O3. The molecule has 0 spiro atoms. The lowest BCUT2D eigenvalue weighted by molar-refractivity contribution is 0.0934. The molecular weight excluding hydrogens is 390 g/mol. The fourth-order valence-corrected chi connectivity index (χ4v) is 2.80. The van der Waals surface area contributed by atoms with Crippen molar-refractivity contribution in [3.8, 4) is 11.8 Å². The lowest BCUT2D eigenvalue weighted by Gasteiger charge is -2.19. The first kappa shape index (κ1) is 21.5. The molecule has 0 aliphatic heterocycles. The largest absolute Gasteiger partial charge is 0.416 e. The molecule has 1 aromatic heterocycles. The Morgan fingerprint density at radius 1 is 1.17 bits per heavy atom. The zero-order valence-corrected chi connectivity index (χ0v) is 17.5. The van der Waals surface area contributed by atoms with E-state index in [1.807, 2.05) is 18.2 Å². The first-order chi connectivity index (χ1) is 14.0. The molecule has 30 heavy (non-hydrogen) atoms. The molecule has 1 atom stereocenters. The molecule has 3 rings (SSSR count). The number of carbonyl (C=O) groups is 1. The number of hydrogen-bond donors (Lipinski definition) is 1. The van der Waals surface area contributed by atoms with Gasteiger partial charge in [0.25, 0.3) is 5.91 Å². The minimum Gasteiger partial charge on any atom is -0.416 e. The maximum absolute atomic E-state index is 13.8. The number of nitrogens with zero attached hydrogens (tertiary/aromatic N) is 1. The molecule has 158 valence electrons. The number of carbonyl (C=O) groups excluding carboxylic acids is 1. The van der Waals surface area contributed by atoms with E-state index in [1.165, 1.54) is 25.3 Å². The van der Waals surface area contributed by atoms with Crippen LogP contribution >= 0.6 is 0 Å². The summed E-state index contributed by atoms with van der Waals surface area (Å²) in [4.78, 5) is 16.5. The van der Waals surface area contributed by atoms with Gasteiger partial charge in [-0.25, -0.2) is 8.78 Å². The van der Waals surface area contributed by atoms with Crippen LogP contribution in [0.25, 0.3) is 0 Å². The highest BCUT2D eigenvalue weighted by atomic mass is 19.1. The summed E-state index contributed by atoms with van der Waals surface area (Å²) in [5.41, 5.74) is 1.27. The highest BCUT2D eigenvalue weighted by Gasteiger charge is 2.19. The third kappa shape index (κ3) is 4.84. The Morgan fingerprint density at radius 3 is 2.47 bits per heavy atom. The molecule has 1 N–H and O–H groups in total. The quantitative estimate of drug-likeness (QED) is 0.569. The monoisotopic (exact) mass is 414 g/mol. The van der Waals surface area contributed by atoms with Gasteiger partial charge in [-0.3, -0.25) is 4.79 Å². The summed E-state index contributed by atoms with van der Waals surface area (Å²) in [6, 6.07) is 9.28. The Kier molecular flexibility index (Phi) is 5.92. The molecule has 0 aliphatic rings. The number of benzene rings is 2. The summed E-state index contributed by atoms with van der Waals surface area (Å²) in [6.45, 7) is 9.24. The molecule has 0 radical (unpaired) electrons. The van der Waals surface area contributed by atoms with Gasteiger partial charge in [-0.1, -0.05) is 32.9 Å². The number of nitrogens with one attached hydrogen (secondary N) is 1. The molecule has 1 heterocycles. The number of hydrogen-bond acceptors (Lipinski definition) is 4. The fraction of sp³-hybridized carbons (Fsp3) is 0.304. The van der Waals surface area contributed by atoms with Crippen molar-refractivity contribution in [1.82, 2.24) is 10.3 Å². The van der Waals surface area contributed by atoms with E-state index >= 15 is 0 Å². The lowest BCUT2D eigenvalue weighted by Crippen LogP contribution is -2.27. The summed E-state index contributed by atoms with van der Waals surface area (Å²) in [7, 11) is 0. The van der Waals surface area contributed by atoms with Gasteiger partial charge in [0.2, 0.25) is 0 Å². The summed E-state index contributed by atoms with van der Waals surface area (Å²) < 4.78 is 38.4. The predicted molar refractivity (Wildman–Crippen MR) is 109 cm³/mol. The van der Waals surface area contributed by atoms with Crippen molar-refractivity contribution in [3.05, 3.63) is 76.7 Å². The van der Waals surface area contributed by atoms with E-state index in [1.54, 1.807) is 13.0 Å². The maximum Gasteiger partial charge on any atom is 0.399 e. The van der Waals surface area contributed by atoms with Gasteiger partial charge in [0.1, 0.15) is 23.6 Å². The third-order valence-electron chi connectivity index (χ3n) is 4.77. The predicted octanol–water partition coefficient (Wildman–Crippen LogP) is 5.84. The van der Waals surface area contributed by atoms with E-state index in [9.17, 15) is 13.6 Å². The van der Waals surface area contributed by atoms with E-state index in [-0.39, 0.29) is 22.7 Å². The molecule has 0 bridgehead atoms. The standard InChI is InChI=1S/C23H24F2N2O3/c1-13-18(24)9-15(10-19(13)25)14(2)26-21(28)20-12-29-22(27-20)30-17-8-6-7-16(11-17)23(3,4)5/h6-12,14H,1-5H3,(H,26,28)/t14-/m1/s1. The van der Waals surface area contributed by atoms with Gasteiger partial charge in [-0.2, -0.15) is 4.98 Å². The Labute approximate surface area is 174 Å². The van der Waals surface area contributed by atoms with Crippen molar-refractivity contribution in [2.24, 2.45) is 0 Å². The van der Waals surface area contributed by atoms with E-state index in [0.717, 1.165) is 5.56 Å². The lowest BCUT2D eigenvalue weighted by atomic mass is 9.87. The van der Waals surface area contributed by atoms with E-state index < -0.39 is 23.6 Å². The van der Waals surface area contributed by atoms with Gasteiger partial charge in [0.15, 0.2) is 5.69 Å². The number of halogens is 2. The number of amides is 1. The van der Waals surface area contributed by atoms with Crippen LogP contribution < -0.4 is 10.1 Å². The van der Waals surface area contributed by atoms with Crippen LogP contribution in [0.5, 0.6) is 11.8 Å². The van der Waals surface area contributed by atoms with Crippen molar-refractivity contribution in [2.45, 2.75) is 46.1 Å². The molecule has 0 saturated heterocycles. The van der Waals surface area contributed by atoms with Crippen LogP contribution in [-0.4, -0.2) is 10.9 Å². The van der Waals surface area contributed by atoms with E-state index in [4.69, 9.17) is 9.15 Å². The molecule has 0 unspecified atom stereocenters. The minimum atomic E-state index is -0.666. The number of ether oxygens (including phenoxy) is 1. The Bertz CT molecular complexity index is 1050. The van der Waals surface area contributed by atoms with E-state index in [2.05, 4.69) is 31.1 Å². The van der Waals surface area contributed by atoms with Gasteiger partial charge < -0.3 is 14.5 Å². The zero-order chi connectivity index (χ0) is 22.1. The third-order valence-corrected chi connectivity index (χ3v) is 4.77.